The quantitative estimate of drug-likeness (QED) is 0.742. The van der Waals surface area contributed by atoms with Gasteiger partial charge in [0.25, 0.3) is 5.91 Å². The molecule has 0 fully saturated rings. The number of hydrogen-bond acceptors (Lipinski definition) is 2. The third-order valence-electron chi connectivity index (χ3n) is 2.72. The number of pyridine rings is 1. The number of carbonyl (C=O) groups excluding carboxylic acids is 1. The van der Waals surface area contributed by atoms with Gasteiger partial charge in [-0.3, -0.25) is 4.79 Å². The van der Waals surface area contributed by atoms with Crippen LogP contribution in [-0.2, 0) is 6.42 Å². The highest BCUT2D eigenvalue weighted by atomic mass is 35.5. The highest BCUT2D eigenvalue weighted by Gasteiger charge is 2.27. The molecular formula is C11H13ClN2O. The molecule has 0 radical (unpaired) electrons. The van der Waals surface area contributed by atoms with Crippen LogP contribution in [0.25, 0.3) is 0 Å². The largest absolute Gasteiger partial charge is 0.349 e. The smallest absolute Gasteiger partial charge is 0.253 e. The van der Waals surface area contributed by atoms with Crippen molar-refractivity contribution in [2.45, 2.75) is 26.3 Å². The minimum atomic E-state index is -0.0425. The van der Waals surface area contributed by atoms with Crippen molar-refractivity contribution in [1.82, 2.24) is 10.3 Å². The van der Waals surface area contributed by atoms with E-state index >= 15 is 0 Å². The lowest BCUT2D eigenvalue weighted by atomic mass is 9.93. The van der Waals surface area contributed by atoms with Gasteiger partial charge in [-0.05, 0) is 18.1 Å². The first-order valence-electron chi connectivity index (χ1n) is 5.04. The Hall–Kier alpha value is -1.09. The minimum Gasteiger partial charge on any atom is -0.349 e. The van der Waals surface area contributed by atoms with Crippen LogP contribution in [0.15, 0.2) is 12.1 Å². The molecule has 80 valence electrons. The van der Waals surface area contributed by atoms with Crippen molar-refractivity contribution >= 4 is 17.5 Å². The number of carbonyl (C=O) groups is 1. The Morgan fingerprint density at radius 1 is 1.53 bits per heavy atom. The summed E-state index contributed by atoms with van der Waals surface area (Å²) < 4.78 is 0. The normalized spacial score (nSPS) is 20.0. The average Bonchev–Trinajstić information content (AvgIpc) is 2.16. The maximum atomic E-state index is 11.7. The Morgan fingerprint density at radius 2 is 2.27 bits per heavy atom. The molecule has 1 atom stereocenters. The summed E-state index contributed by atoms with van der Waals surface area (Å²) in [5.41, 5.74) is 1.46. The molecule has 0 bridgehead atoms. The van der Waals surface area contributed by atoms with Gasteiger partial charge in [-0.2, -0.15) is 0 Å². The van der Waals surface area contributed by atoms with Crippen molar-refractivity contribution in [2.24, 2.45) is 5.92 Å². The molecule has 1 aromatic rings. The van der Waals surface area contributed by atoms with Gasteiger partial charge in [-0.15, -0.1) is 0 Å². The zero-order valence-electron chi connectivity index (χ0n) is 8.75. The summed E-state index contributed by atoms with van der Waals surface area (Å²) in [4.78, 5) is 15.9. The van der Waals surface area contributed by atoms with E-state index in [1.807, 2.05) is 0 Å². The number of rotatable bonds is 1. The summed E-state index contributed by atoms with van der Waals surface area (Å²) in [5, 5.41) is 3.42. The van der Waals surface area contributed by atoms with Crippen LogP contribution in [0.2, 0.25) is 5.15 Å². The van der Waals surface area contributed by atoms with Gasteiger partial charge in [0, 0.05) is 12.5 Å². The van der Waals surface area contributed by atoms with Crippen molar-refractivity contribution in [3.05, 3.63) is 28.5 Å². The van der Waals surface area contributed by atoms with Crippen LogP contribution in [0.4, 0.5) is 0 Å². The molecule has 0 aliphatic carbocycles. The number of fused-ring (bicyclic) bond motifs is 1. The molecule has 3 nitrogen and oxygen atoms in total. The second-order valence-electron chi connectivity index (χ2n) is 4.16. The maximum absolute atomic E-state index is 11.7. The van der Waals surface area contributed by atoms with E-state index in [9.17, 15) is 4.79 Å². The van der Waals surface area contributed by atoms with Gasteiger partial charge in [0.15, 0.2) is 0 Å². The van der Waals surface area contributed by atoms with Crippen molar-refractivity contribution < 1.29 is 4.79 Å². The predicted octanol–water partition coefficient (Wildman–Crippen LogP) is 2.05. The van der Waals surface area contributed by atoms with Gasteiger partial charge in [0.05, 0.1) is 11.3 Å². The number of nitrogens with one attached hydrogen (secondary N) is 1. The Morgan fingerprint density at radius 3 is 2.93 bits per heavy atom. The molecule has 1 aromatic heterocycles. The third kappa shape index (κ3) is 1.97. The first-order valence-corrected chi connectivity index (χ1v) is 5.42. The summed E-state index contributed by atoms with van der Waals surface area (Å²) in [5.74, 6) is 0.363. The van der Waals surface area contributed by atoms with E-state index < -0.39 is 0 Å². The number of aromatic nitrogens is 1. The van der Waals surface area contributed by atoms with Crippen molar-refractivity contribution in [3.8, 4) is 0 Å². The molecule has 0 spiro atoms. The molecule has 1 amide bonds. The molecule has 15 heavy (non-hydrogen) atoms. The van der Waals surface area contributed by atoms with Gasteiger partial charge in [0.1, 0.15) is 5.15 Å². The van der Waals surface area contributed by atoms with E-state index in [1.165, 1.54) is 0 Å². The maximum Gasteiger partial charge on any atom is 0.253 e. The standard InChI is InChI=1S/C11H13ClN2O/c1-6(2)8-5-9-7(11(15)14-8)3-4-10(12)13-9/h3-4,6,8H,5H2,1-2H3,(H,14,15). The summed E-state index contributed by atoms with van der Waals surface area (Å²) in [6.45, 7) is 4.17. The van der Waals surface area contributed by atoms with Gasteiger partial charge < -0.3 is 5.32 Å². The van der Waals surface area contributed by atoms with Crippen LogP contribution in [-0.4, -0.2) is 16.9 Å². The van der Waals surface area contributed by atoms with E-state index in [2.05, 4.69) is 24.1 Å². The van der Waals surface area contributed by atoms with Crippen LogP contribution >= 0.6 is 11.6 Å². The Labute approximate surface area is 93.8 Å². The Kier molecular flexibility index (Phi) is 2.65. The molecule has 2 heterocycles. The SMILES string of the molecule is CC(C)C1Cc2nc(Cl)ccc2C(=O)N1. The molecular weight excluding hydrogens is 212 g/mol. The fourth-order valence-corrected chi connectivity index (χ4v) is 1.91. The van der Waals surface area contributed by atoms with Crippen LogP contribution in [0.3, 0.4) is 0 Å². The van der Waals surface area contributed by atoms with Crippen LogP contribution in [0, 0.1) is 5.92 Å². The van der Waals surface area contributed by atoms with Crippen molar-refractivity contribution in [3.63, 3.8) is 0 Å². The van der Waals surface area contributed by atoms with E-state index in [4.69, 9.17) is 11.6 Å². The van der Waals surface area contributed by atoms with Crippen molar-refractivity contribution in [2.75, 3.05) is 0 Å². The highest BCUT2D eigenvalue weighted by Crippen LogP contribution is 2.20. The molecule has 2 rings (SSSR count). The molecule has 1 N–H and O–H groups in total. The number of halogens is 1. The molecule has 0 saturated heterocycles. The topological polar surface area (TPSA) is 42.0 Å². The van der Waals surface area contributed by atoms with E-state index in [1.54, 1.807) is 12.1 Å². The van der Waals surface area contributed by atoms with E-state index in [-0.39, 0.29) is 11.9 Å². The number of amides is 1. The first kappa shape index (κ1) is 10.4. The third-order valence-corrected chi connectivity index (χ3v) is 2.93. The summed E-state index contributed by atoms with van der Waals surface area (Å²) in [7, 11) is 0. The monoisotopic (exact) mass is 224 g/mol. The second kappa shape index (κ2) is 3.81. The molecule has 0 aromatic carbocycles. The molecule has 1 aliphatic heterocycles. The first-order chi connectivity index (χ1) is 7.08. The highest BCUT2D eigenvalue weighted by molar-refractivity contribution is 6.29. The average molecular weight is 225 g/mol. The number of hydrogen-bond donors (Lipinski definition) is 1. The van der Waals surface area contributed by atoms with Crippen molar-refractivity contribution in [1.29, 1.82) is 0 Å². The second-order valence-corrected chi connectivity index (χ2v) is 4.54. The lowest BCUT2D eigenvalue weighted by Crippen LogP contribution is -2.44. The summed E-state index contributed by atoms with van der Waals surface area (Å²) >= 11 is 5.81. The fourth-order valence-electron chi connectivity index (χ4n) is 1.74. The summed E-state index contributed by atoms with van der Waals surface area (Å²) in [6, 6.07) is 3.54. The zero-order valence-corrected chi connectivity index (χ0v) is 9.51. The Balaban J connectivity index is 2.37. The Bertz CT molecular complexity index is 404. The predicted molar refractivity (Wildman–Crippen MR) is 59.0 cm³/mol. The summed E-state index contributed by atoms with van der Waals surface area (Å²) in [6.07, 6.45) is 0.763. The van der Waals surface area contributed by atoms with Gasteiger partial charge in [0.2, 0.25) is 0 Å². The molecule has 0 saturated carbocycles. The van der Waals surface area contributed by atoms with Gasteiger partial charge in [-0.1, -0.05) is 25.4 Å². The molecule has 1 aliphatic rings. The van der Waals surface area contributed by atoms with Gasteiger partial charge >= 0.3 is 0 Å². The minimum absolute atomic E-state index is 0.0425. The zero-order chi connectivity index (χ0) is 11.0. The van der Waals surface area contributed by atoms with Gasteiger partial charge in [-0.25, -0.2) is 4.98 Å². The number of nitrogens with zero attached hydrogens (tertiary/aromatic N) is 1. The lowest BCUT2D eigenvalue weighted by Gasteiger charge is -2.27. The molecule has 4 heteroatoms. The van der Waals surface area contributed by atoms with Crippen LogP contribution in [0.1, 0.15) is 29.9 Å². The fraction of sp³-hybridized carbons (Fsp3) is 0.455. The van der Waals surface area contributed by atoms with E-state index in [0.29, 0.717) is 16.6 Å². The molecule has 1 unspecified atom stereocenters. The van der Waals surface area contributed by atoms with E-state index in [0.717, 1.165) is 12.1 Å². The van der Waals surface area contributed by atoms with Crippen LogP contribution in [0.5, 0.6) is 0 Å². The lowest BCUT2D eigenvalue weighted by molar-refractivity contribution is 0.0911. The van der Waals surface area contributed by atoms with Crippen LogP contribution < -0.4 is 5.32 Å².